The monoisotopic (exact) mass is 230 g/mol. The average Bonchev–Trinajstić information content (AvgIpc) is 2.00. The summed E-state index contributed by atoms with van der Waals surface area (Å²) in [5.74, 6) is -3.03. The zero-order valence-corrected chi connectivity index (χ0v) is 9.66. The summed E-state index contributed by atoms with van der Waals surface area (Å²) >= 11 is 4.36. The average molecular weight is 230 g/mol. The summed E-state index contributed by atoms with van der Waals surface area (Å²) in [5.41, 5.74) is 0.245. The number of hydrogen-bond donors (Lipinski definition) is 0. The molecule has 82 valence electrons. The zero-order chi connectivity index (χ0) is 12.1. The Bertz CT molecular complexity index is 358. The van der Waals surface area contributed by atoms with Crippen LogP contribution in [0, 0.1) is 0 Å². The van der Waals surface area contributed by atoms with E-state index in [1.807, 2.05) is 0 Å². The van der Waals surface area contributed by atoms with Crippen molar-refractivity contribution in [3.05, 3.63) is 24.0 Å². The van der Waals surface area contributed by atoms with Gasteiger partial charge in [-0.2, -0.15) is 13.8 Å². The highest BCUT2D eigenvalue weighted by molar-refractivity contribution is 7.78. The second-order valence-electron chi connectivity index (χ2n) is 3.11. The summed E-state index contributed by atoms with van der Waals surface area (Å²) in [6, 6.07) is 0. The predicted octanol–water partition coefficient (Wildman–Crippen LogP) is 3.62. The van der Waals surface area contributed by atoms with Gasteiger partial charge in [0, 0.05) is 12.6 Å². The fourth-order valence-electron chi connectivity index (χ4n) is 0.765. The fraction of sp³-hybridized carbons (Fsp3) is 0.400. The van der Waals surface area contributed by atoms with Crippen molar-refractivity contribution in [3.8, 4) is 0 Å². The van der Waals surface area contributed by atoms with Gasteiger partial charge in [0.25, 0.3) is 5.92 Å². The molecule has 5 heteroatoms. The molecule has 15 heavy (non-hydrogen) atoms. The van der Waals surface area contributed by atoms with Crippen LogP contribution in [0.5, 0.6) is 0 Å². The summed E-state index contributed by atoms with van der Waals surface area (Å²) < 4.78 is 26.1. The van der Waals surface area contributed by atoms with Gasteiger partial charge in [-0.25, -0.2) is 0 Å². The molecule has 0 aliphatic heterocycles. The molecule has 0 N–H and O–H groups in total. The Kier molecular flexibility index (Phi) is 5.19. The first-order valence-corrected chi connectivity index (χ1v) is 4.57. The molecule has 2 nitrogen and oxygen atoms in total. The van der Waals surface area contributed by atoms with Gasteiger partial charge >= 0.3 is 0 Å². The van der Waals surface area contributed by atoms with E-state index in [2.05, 4.69) is 33.9 Å². The third kappa shape index (κ3) is 5.99. The number of halogens is 2. The Morgan fingerprint density at radius 3 is 2.33 bits per heavy atom. The Morgan fingerprint density at radius 1 is 1.47 bits per heavy atom. The van der Waals surface area contributed by atoms with E-state index in [-0.39, 0.29) is 5.71 Å². The Morgan fingerprint density at radius 2 is 2.00 bits per heavy atom. The number of thiocarbonyl (C=S) groups is 1. The van der Waals surface area contributed by atoms with Gasteiger partial charge in [0.05, 0.1) is 10.9 Å². The van der Waals surface area contributed by atoms with Crippen LogP contribution < -0.4 is 0 Å². The van der Waals surface area contributed by atoms with Crippen LogP contribution in [0.3, 0.4) is 0 Å². The maximum atomic E-state index is 13.0. The SMILES string of the molecule is C=C(C)N=C(/C=C(\C)N=C=S)C(C)(F)F. The van der Waals surface area contributed by atoms with Crippen LogP contribution in [-0.4, -0.2) is 16.8 Å². The molecule has 0 saturated carbocycles. The topological polar surface area (TPSA) is 24.7 Å². The minimum atomic E-state index is -3.03. The number of alkyl halides is 2. The molecule has 0 heterocycles. The van der Waals surface area contributed by atoms with Crippen LogP contribution in [0.1, 0.15) is 20.8 Å². The van der Waals surface area contributed by atoms with E-state index in [1.165, 1.54) is 6.92 Å². The molecule has 0 bridgehead atoms. The number of allylic oxidation sites excluding steroid dienone is 3. The number of isothiocyanates is 1. The third-order valence-corrected chi connectivity index (χ3v) is 1.42. The van der Waals surface area contributed by atoms with Gasteiger partial charge in [-0.1, -0.05) is 6.58 Å². The molecule has 0 rings (SSSR count). The van der Waals surface area contributed by atoms with Crippen LogP contribution in [0.2, 0.25) is 0 Å². The highest BCUT2D eigenvalue weighted by Gasteiger charge is 2.27. The van der Waals surface area contributed by atoms with Crippen LogP contribution in [0.4, 0.5) is 8.78 Å². The highest BCUT2D eigenvalue weighted by Crippen LogP contribution is 2.18. The van der Waals surface area contributed by atoms with Gasteiger partial charge in [-0.05, 0) is 32.1 Å². The summed E-state index contributed by atoms with van der Waals surface area (Å²) in [7, 11) is 0. The maximum Gasteiger partial charge on any atom is 0.287 e. The first kappa shape index (κ1) is 13.8. The lowest BCUT2D eigenvalue weighted by Crippen LogP contribution is -2.22. The highest BCUT2D eigenvalue weighted by atomic mass is 32.1. The maximum absolute atomic E-state index is 13.0. The number of nitrogens with zero attached hydrogens (tertiary/aromatic N) is 2. The first-order chi connectivity index (χ1) is 6.77. The van der Waals surface area contributed by atoms with Crippen molar-refractivity contribution in [2.75, 3.05) is 0 Å². The molecule has 0 aliphatic carbocycles. The van der Waals surface area contributed by atoms with Crippen molar-refractivity contribution in [1.82, 2.24) is 0 Å². The van der Waals surface area contributed by atoms with E-state index in [0.717, 1.165) is 13.0 Å². The molecule has 0 saturated heterocycles. The quantitative estimate of drug-likeness (QED) is 0.534. The summed E-state index contributed by atoms with van der Waals surface area (Å²) in [6.45, 7) is 7.29. The summed E-state index contributed by atoms with van der Waals surface area (Å²) in [6.07, 6.45) is 1.16. The molecule has 0 fully saturated rings. The van der Waals surface area contributed by atoms with E-state index >= 15 is 0 Å². The van der Waals surface area contributed by atoms with Gasteiger partial charge in [-0.15, -0.1) is 0 Å². The number of rotatable bonds is 4. The van der Waals surface area contributed by atoms with Crippen molar-refractivity contribution >= 4 is 23.1 Å². The van der Waals surface area contributed by atoms with E-state index in [4.69, 9.17) is 0 Å². The molecule has 0 spiro atoms. The minimum absolute atomic E-state index is 0.307. The van der Waals surface area contributed by atoms with Gasteiger partial charge < -0.3 is 0 Å². The van der Waals surface area contributed by atoms with Crippen LogP contribution >= 0.6 is 12.2 Å². The van der Waals surface area contributed by atoms with Crippen molar-refractivity contribution in [2.24, 2.45) is 9.98 Å². The van der Waals surface area contributed by atoms with E-state index in [9.17, 15) is 8.78 Å². The summed E-state index contributed by atoms with van der Waals surface area (Å²) in [4.78, 5) is 7.21. The third-order valence-electron chi connectivity index (χ3n) is 1.33. The predicted molar refractivity (Wildman–Crippen MR) is 61.7 cm³/mol. The molecule has 0 amide bonds. The molecule has 0 aliphatic rings. The molecule has 0 unspecified atom stereocenters. The molecule has 0 atom stereocenters. The molecule has 0 aromatic carbocycles. The lowest BCUT2D eigenvalue weighted by atomic mass is 10.2. The standard InChI is InChI=1S/C10H12F2N2S/c1-7(2)14-9(10(4,11)12)5-8(3)13-6-15/h5H,1H2,2-4H3/b8-5+,14-9?. The molecule has 0 aromatic rings. The van der Waals surface area contributed by atoms with Crippen LogP contribution in [0.15, 0.2) is 34.0 Å². The normalized spacial score (nSPS) is 13.4. The van der Waals surface area contributed by atoms with Gasteiger partial charge in [0.2, 0.25) is 0 Å². The lowest BCUT2D eigenvalue weighted by Gasteiger charge is -2.10. The van der Waals surface area contributed by atoms with Crippen molar-refractivity contribution in [2.45, 2.75) is 26.7 Å². The van der Waals surface area contributed by atoms with Crippen molar-refractivity contribution in [3.63, 3.8) is 0 Å². The van der Waals surface area contributed by atoms with Crippen molar-refractivity contribution in [1.29, 1.82) is 0 Å². The van der Waals surface area contributed by atoms with Gasteiger partial charge in [0.15, 0.2) is 0 Å². The summed E-state index contributed by atoms with van der Waals surface area (Å²) in [5, 5.41) is 2.10. The van der Waals surface area contributed by atoms with E-state index < -0.39 is 5.92 Å². The minimum Gasteiger partial charge on any atom is -0.252 e. The second kappa shape index (κ2) is 5.63. The first-order valence-electron chi connectivity index (χ1n) is 4.16. The molecular formula is C10H12F2N2S. The molecule has 0 radical (unpaired) electrons. The van der Waals surface area contributed by atoms with Crippen molar-refractivity contribution < 1.29 is 8.78 Å². The molecular weight excluding hydrogens is 218 g/mol. The smallest absolute Gasteiger partial charge is 0.252 e. The second-order valence-corrected chi connectivity index (χ2v) is 3.29. The fourth-order valence-corrected chi connectivity index (χ4v) is 0.909. The van der Waals surface area contributed by atoms with Crippen LogP contribution in [-0.2, 0) is 0 Å². The van der Waals surface area contributed by atoms with Gasteiger partial charge in [-0.3, -0.25) is 4.99 Å². The van der Waals surface area contributed by atoms with Gasteiger partial charge in [0.1, 0.15) is 5.71 Å². The molecule has 0 aromatic heterocycles. The largest absolute Gasteiger partial charge is 0.287 e. The Hall–Kier alpha value is -1.19. The van der Waals surface area contributed by atoms with E-state index in [0.29, 0.717) is 11.4 Å². The zero-order valence-electron chi connectivity index (χ0n) is 8.84. The Labute approximate surface area is 93.1 Å². The van der Waals surface area contributed by atoms with Crippen LogP contribution in [0.25, 0.3) is 0 Å². The number of aliphatic imine (C=N–C) groups is 2. The lowest BCUT2D eigenvalue weighted by molar-refractivity contribution is 0.102. The number of hydrogen-bond acceptors (Lipinski definition) is 3. The Balaban J connectivity index is 5.25. The van der Waals surface area contributed by atoms with E-state index in [1.54, 1.807) is 6.92 Å².